The molecule has 0 aromatic heterocycles. The molecule has 3 heteroatoms. The summed E-state index contributed by atoms with van der Waals surface area (Å²) in [4.78, 5) is 23.9. The predicted octanol–water partition coefficient (Wildman–Crippen LogP) is 3.44. The molecule has 0 radical (unpaired) electrons. The van der Waals surface area contributed by atoms with Crippen molar-refractivity contribution in [2.75, 3.05) is 0 Å². The third-order valence-electron chi connectivity index (χ3n) is 3.01. The van der Waals surface area contributed by atoms with E-state index in [9.17, 15) is 9.59 Å². The second-order valence-corrected chi connectivity index (χ2v) is 4.56. The van der Waals surface area contributed by atoms with E-state index in [2.05, 4.69) is 5.32 Å². The summed E-state index contributed by atoms with van der Waals surface area (Å²) in [6.45, 7) is 1.77. The molecule has 0 heterocycles. The van der Waals surface area contributed by atoms with Gasteiger partial charge in [0.2, 0.25) is 5.91 Å². The van der Waals surface area contributed by atoms with Crippen LogP contribution in [0.5, 0.6) is 0 Å². The number of amides is 1. The smallest absolute Gasteiger partial charge is 0.224 e. The van der Waals surface area contributed by atoms with Crippen LogP contribution in [0.2, 0.25) is 0 Å². The summed E-state index contributed by atoms with van der Waals surface area (Å²) in [5, 5.41) is 2.78. The molecule has 0 atom stereocenters. The first-order valence-corrected chi connectivity index (χ1v) is 6.87. The van der Waals surface area contributed by atoms with Gasteiger partial charge in [-0.25, -0.2) is 0 Å². The largest absolute Gasteiger partial charge is 0.325 e. The van der Waals surface area contributed by atoms with Gasteiger partial charge in [0.25, 0.3) is 0 Å². The van der Waals surface area contributed by atoms with Crippen LogP contribution in [0.15, 0.2) is 66.7 Å². The molecule has 0 saturated heterocycles. The molecule has 0 unspecified atom stereocenters. The first-order chi connectivity index (χ1) is 10.2. The van der Waals surface area contributed by atoms with Gasteiger partial charge in [0.05, 0.1) is 5.70 Å². The second kappa shape index (κ2) is 7.20. The van der Waals surface area contributed by atoms with Gasteiger partial charge in [0.15, 0.2) is 5.78 Å². The highest BCUT2D eigenvalue weighted by Gasteiger charge is 2.09. The van der Waals surface area contributed by atoms with E-state index in [1.165, 1.54) is 6.08 Å². The molecule has 0 aliphatic heterocycles. The van der Waals surface area contributed by atoms with Crippen LogP contribution in [0.25, 0.3) is 5.70 Å². The van der Waals surface area contributed by atoms with Crippen molar-refractivity contribution in [3.8, 4) is 0 Å². The van der Waals surface area contributed by atoms with Crippen LogP contribution in [0, 0.1) is 0 Å². The average molecular weight is 279 g/mol. The number of allylic oxidation sites excluding steroid dienone is 1. The minimum absolute atomic E-state index is 0.119. The van der Waals surface area contributed by atoms with Crippen molar-refractivity contribution >= 4 is 17.4 Å². The van der Waals surface area contributed by atoms with Gasteiger partial charge in [0, 0.05) is 18.1 Å². The maximum absolute atomic E-state index is 12.3. The number of carbonyl (C=O) groups is 2. The Kier molecular flexibility index (Phi) is 5.04. The minimum Gasteiger partial charge on any atom is -0.325 e. The van der Waals surface area contributed by atoms with E-state index in [1.54, 1.807) is 19.1 Å². The molecule has 0 saturated carbocycles. The lowest BCUT2D eigenvalue weighted by Crippen LogP contribution is -2.21. The van der Waals surface area contributed by atoms with Gasteiger partial charge in [-0.15, -0.1) is 0 Å². The Bertz CT molecular complexity index is 645. The number of hydrogen-bond acceptors (Lipinski definition) is 2. The molecule has 2 aromatic carbocycles. The second-order valence-electron chi connectivity index (χ2n) is 4.56. The Hall–Kier alpha value is -2.68. The lowest BCUT2D eigenvalue weighted by molar-refractivity contribution is -0.119. The molecule has 0 bridgehead atoms. The quantitative estimate of drug-likeness (QED) is 0.673. The zero-order valence-corrected chi connectivity index (χ0v) is 11.9. The lowest BCUT2D eigenvalue weighted by atomic mass is 10.1. The van der Waals surface area contributed by atoms with Crippen LogP contribution in [0.1, 0.15) is 29.3 Å². The highest BCUT2D eigenvalue weighted by atomic mass is 16.1. The van der Waals surface area contributed by atoms with Crippen LogP contribution < -0.4 is 5.32 Å². The number of hydrogen-bond donors (Lipinski definition) is 1. The van der Waals surface area contributed by atoms with Crippen LogP contribution >= 0.6 is 0 Å². The van der Waals surface area contributed by atoms with Gasteiger partial charge in [-0.2, -0.15) is 0 Å². The maximum Gasteiger partial charge on any atom is 0.224 e. The van der Waals surface area contributed by atoms with Gasteiger partial charge in [0.1, 0.15) is 0 Å². The average Bonchev–Trinajstić information content (AvgIpc) is 2.55. The van der Waals surface area contributed by atoms with Gasteiger partial charge >= 0.3 is 0 Å². The Morgan fingerprint density at radius 1 is 0.905 bits per heavy atom. The van der Waals surface area contributed by atoms with E-state index in [0.29, 0.717) is 17.7 Å². The SMILES string of the molecule is CCC(=O)N/C(=C/C(=O)c1ccccc1)c1ccccc1. The van der Waals surface area contributed by atoms with Crippen molar-refractivity contribution in [1.29, 1.82) is 0 Å². The normalized spacial score (nSPS) is 11.0. The number of nitrogens with one attached hydrogen (secondary N) is 1. The zero-order valence-electron chi connectivity index (χ0n) is 11.9. The highest BCUT2D eigenvalue weighted by molar-refractivity contribution is 6.09. The predicted molar refractivity (Wildman–Crippen MR) is 83.6 cm³/mol. The summed E-state index contributed by atoms with van der Waals surface area (Å²) in [6, 6.07) is 18.3. The molecule has 2 aromatic rings. The van der Waals surface area contributed by atoms with Crippen molar-refractivity contribution in [2.24, 2.45) is 0 Å². The molecule has 0 aliphatic carbocycles. The summed E-state index contributed by atoms with van der Waals surface area (Å²) in [5.41, 5.74) is 1.93. The fraction of sp³-hybridized carbons (Fsp3) is 0.111. The summed E-state index contributed by atoms with van der Waals surface area (Å²) in [7, 11) is 0. The third kappa shape index (κ3) is 4.14. The van der Waals surface area contributed by atoms with Crippen LogP contribution in [0.3, 0.4) is 0 Å². The number of rotatable bonds is 5. The summed E-state index contributed by atoms with van der Waals surface area (Å²) < 4.78 is 0. The number of carbonyl (C=O) groups excluding carboxylic acids is 2. The molecular formula is C18H17NO2. The number of benzene rings is 2. The summed E-state index contributed by atoms with van der Waals surface area (Å²) in [5.74, 6) is -0.253. The van der Waals surface area contributed by atoms with E-state index < -0.39 is 0 Å². The monoisotopic (exact) mass is 279 g/mol. The summed E-state index contributed by atoms with van der Waals surface area (Å²) >= 11 is 0. The minimum atomic E-state index is -0.133. The zero-order chi connectivity index (χ0) is 15.1. The molecule has 1 amide bonds. The first kappa shape index (κ1) is 14.7. The van der Waals surface area contributed by atoms with Crippen LogP contribution in [-0.4, -0.2) is 11.7 Å². The Morgan fingerprint density at radius 3 is 1.95 bits per heavy atom. The van der Waals surface area contributed by atoms with E-state index in [1.807, 2.05) is 48.5 Å². The van der Waals surface area contributed by atoms with Gasteiger partial charge in [-0.05, 0) is 5.56 Å². The van der Waals surface area contributed by atoms with Crippen LogP contribution in [-0.2, 0) is 4.79 Å². The highest BCUT2D eigenvalue weighted by Crippen LogP contribution is 2.13. The maximum atomic E-state index is 12.3. The van der Waals surface area contributed by atoms with Gasteiger partial charge < -0.3 is 5.32 Å². The van der Waals surface area contributed by atoms with Gasteiger partial charge in [-0.1, -0.05) is 67.6 Å². The van der Waals surface area contributed by atoms with Crippen molar-refractivity contribution in [1.82, 2.24) is 5.32 Å². The molecule has 0 aliphatic rings. The Labute approximate surface area is 124 Å². The van der Waals surface area contributed by atoms with Crippen molar-refractivity contribution < 1.29 is 9.59 Å². The molecule has 21 heavy (non-hydrogen) atoms. The topological polar surface area (TPSA) is 46.2 Å². The Morgan fingerprint density at radius 2 is 1.43 bits per heavy atom. The van der Waals surface area contributed by atoms with Crippen molar-refractivity contribution in [3.63, 3.8) is 0 Å². The van der Waals surface area contributed by atoms with Crippen molar-refractivity contribution in [3.05, 3.63) is 77.9 Å². The molecule has 2 rings (SSSR count). The fourth-order valence-corrected chi connectivity index (χ4v) is 1.86. The van der Waals surface area contributed by atoms with E-state index in [-0.39, 0.29) is 11.7 Å². The van der Waals surface area contributed by atoms with Gasteiger partial charge in [-0.3, -0.25) is 9.59 Å². The van der Waals surface area contributed by atoms with Crippen molar-refractivity contribution in [2.45, 2.75) is 13.3 Å². The van der Waals surface area contributed by atoms with E-state index >= 15 is 0 Å². The fourth-order valence-electron chi connectivity index (χ4n) is 1.86. The molecule has 0 fully saturated rings. The molecule has 3 nitrogen and oxygen atoms in total. The van der Waals surface area contributed by atoms with Crippen LogP contribution in [0.4, 0.5) is 0 Å². The lowest BCUT2D eigenvalue weighted by Gasteiger charge is -2.09. The molecular weight excluding hydrogens is 262 g/mol. The van der Waals surface area contributed by atoms with E-state index in [0.717, 1.165) is 5.56 Å². The standard InChI is InChI=1S/C18H17NO2/c1-2-18(21)19-16(14-9-5-3-6-10-14)13-17(20)15-11-7-4-8-12-15/h3-13H,2H2,1H3,(H,19,21)/b16-13+. The first-order valence-electron chi connectivity index (χ1n) is 6.87. The Balaban J connectivity index is 2.33. The molecule has 1 N–H and O–H groups in total. The molecule has 106 valence electrons. The third-order valence-corrected chi connectivity index (χ3v) is 3.01. The van der Waals surface area contributed by atoms with E-state index in [4.69, 9.17) is 0 Å². The summed E-state index contributed by atoms with van der Waals surface area (Å²) in [6.07, 6.45) is 1.84. The number of ketones is 1. The molecule has 0 spiro atoms.